The number of nitrogen functional groups attached to an aromatic ring is 2. The topological polar surface area (TPSA) is 52.0 Å². The fraction of sp³-hybridized carbons (Fsp3) is 0.0769. The number of rotatable bonds is 2. The summed E-state index contributed by atoms with van der Waals surface area (Å²) in [6.07, 6.45) is 0. The summed E-state index contributed by atoms with van der Waals surface area (Å²) in [6, 6.07) is 8.30. The van der Waals surface area contributed by atoms with Crippen molar-refractivity contribution in [1.29, 1.82) is 0 Å². The van der Waals surface area contributed by atoms with Gasteiger partial charge in [-0.2, -0.15) is 0 Å². The van der Waals surface area contributed by atoms with Crippen molar-refractivity contribution in [3.63, 3.8) is 0 Å². The highest BCUT2D eigenvalue weighted by Gasteiger charge is 2.20. The van der Waals surface area contributed by atoms with Gasteiger partial charge >= 0.3 is 0 Å². The van der Waals surface area contributed by atoms with Crippen molar-refractivity contribution in [2.75, 3.05) is 11.5 Å². The van der Waals surface area contributed by atoms with Gasteiger partial charge in [0.05, 0.1) is 5.38 Å². The van der Waals surface area contributed by atoms with Crippen LogP contribution in [0.25, 0.3) is 0 Å². The first-order valence-corrected chi connectivity index (χ1v) is 6.90. The Morgan fingerprint density at radius 1 is 0.789 bits per heavy atom. The van der Waals surface area contributed by atoms with E-state index < -0.39 is 5.38 Å². The van der Waals surface area contributed by atoms with Gasteiger partial charge in [0.2, 0.25) is 0 Å². The van der Waals surface area contributed by atoms with Crippen molar-refractivity contribution in [2.45, 2.75) is 5.38 Å². The molecule has 1 unspecified atom stereocenters. The van der Waals surface area contributed by atoms with Gasteiger partial charge in [0.1, 0.15) is 0 Å². The second-order valence-corrected chi connectivity index (χ2v) is 5.70. The molecule has 2 nitrogen and oxygen atoms in total. The van der Waals surface area contributed by atoms with Crippen LogP contribution in [0.4, 0.5) is 11.4 Å². The number of hydrogen-bond acceptors (Lipinski definition) is 2. The average molecular weight is 336 g/mol. The molecule has 0 amide bonds. The lowest BCUT2D eigenvalue weighted by molar-refractivity contribution is 1.14. The molecule has 0 aliphatic carbocycles. The summed E-state index contributed by atoms with van der Waals surface area (Å²) in [7, 11) is 0. The minimum absolute atomic E-state index is 0.401. The third-order valence-corrected chi connectivity index (χ3v) is 4.06. The third-order valence-electron chi connectivity index (χ3n) is 2.65. The van der Waals surface area contributed by atoms with Crippen LogP contribution in [0.3, 0.4) is 0 Å². The van der Waals surface area contributed by atoms with E-state index in [-0.39, 0.29) is 0 Å². The molecule has 4 N–H and O–H groups in total. The van der Waals surface area contributed by atoms with Crippen LogP contribution in [0.15, 0.2) is 30.3 Å². The number of nitrogens with two attached hydrogens (primary N) is 2. The summed E-state index contributed by atoms with van der Waals surface area (Å²) >= 11 is 24.8. The second kappa shape index (κ2) is 5.68. The van der Waals surface area contributed by atoms with Crippen molar-refractivity contribution < 1.29 is 0 Å². The first-order chi connectivity index (χ1) is 8.90. The van der Waals surface area contributed by atoms with Gasteiger partial charge in [-0.3, -0.25) is 0 Å². The standard InChI is InChI=1S/C13H10Cl4N2/c14-9-3-6(18)1-2-8(9)13(17)12-10(15)4-7(19)5-11(12)16/h1-5,13H,18-19H2. The molecule has 0 aliphatic rings. The van der Waals surface area contributed by atoms with E-state index in [0.717, 1.165) is 0 Å². The summed E-state index contributed by atoms with van der Waals surface area (Å²) in [5.74, 6) is 0. The minimum Gasteiger partial charge on any atom is -0.399 e. The predicted octanol–water partition coefficient (Wildman–Crippen LogP) is 5.14. The van der Waals surface area contributed by atoms with Crippen molar-refractivity contribution in [3.8, 4) is 0 Å². The number of anilines is 2. The SMILES string of the molecule is Nc1ccc(C(Cl)c2c(Cl)cc(N)cc2Cl)c(Cl)c1. The van der Waals surface area contributed by atoms with Crippen LogP contribution in [-0.2, 0) is 0 Å². The quantitative estimate of drug-likeness (QED) is 0.589. The van der Waals surface area contributed by atoms with Crippen LogP contribution in [0.2, 0.25) is 15.1 Å². The molecular formula is C13H10Cl4N2. The van der Waals surface area contributed by atoms with Gasteiger partial charge in [0, 0.05) is 32.0 Å². The number of benzene rings is 2. The summed E-state index contributed by atoms with van der Waals surface area (Å²) < 4.78 is 0. The van der Waals surface area contributed by atoms with Gasteiger partial charge in [0.25, 0.3) is 0 Å². The maximum absolute atomic E-state index is 6.42. The lowest BCUT2D eigenvalue weighted by Crippen LogP contribution is -1.99. The molecule has 0 spiro atoms. The Morgan fingerprint density at radius 3 is 1.84 bits per heavy atom. The normalized spacial score (nSPS) is 12.4. The Kier molecular flexibility index (Phi) is 4.36. The Balaban J connectivity index is 2.53. The van der Waals surface area contributed by atoms with E-state index in [1.165, 1.54) is 0 Å². The van der Waals surface area contributed by atoms with E-state index in [1.54, 1.807) is 30.3 Å². The molecule has 0 saturated carbocycles. The van der Waals surface area contributed by atoms with Crippen molar-refractivity contribution in [3.05, 3.63) is 56.5 Å². The van der Waals surface area contributed by atoms with Crippen LogP contribution in [0.5, 0.6) is 0 Å². The van der Waals surface area contributed by atoms with E-state index >= 15 is 0 Å². The summed E-state index contributed by atoms with van der Waals surface area (Å²) in [6.45, 7) is 0. The molecule has 0 saturated heterocycles. The molecule has 100 valence electrons. The van der Waals surface area contributed by atoms with Gasteiger partial charge in [-0.15, -0.1) is 11.6 Å². The zero-order valence-corrected chi connectivity index (χ0v) is 12.7. The van der Waals surface area contributed by atoms with E-state index in [1.807, 2.05) is 0 Å². The first kappa shape index (κ1) is 14.6. The summed E-state index contributed by atoms with van der Waals surface area (Å²) in [4.78, 5) is 0. The molecule has 6 heteroatoms. The summed E-state index contributed by atoms with van der Waals surface area (Å²) in [5.41, 5.74) is 13.6. The Hall–Kier alpha value is -0.800. The number of hydrogen-bond donors (Lipinski definition) is 2. The average Bonchev–Trinajstić information content (AvgIpc) is 2.26. The lowest BCUT2D eigenvalue weighted by atomic mass is 10.0. The van der Waals surface area contributed by atoms with Crippen molar-refractivity contribution in [1.82, 2.24) is 0 Å². The monoisotopic (exact) mass is 334 g/mol. The van der Waals surface area contributed by atoms with Gasteiger partial charge in [-0.1, -0.05) is 40.9 Å². The molecule has 19 heavy (non-hydrogen) atoms. The Bertz CT molecular complexity index is 605. The summed E-state index contributed by atoms with van der Waals surface area (Å²) in [5, 5.41) is 0.688. The first-order valence-electron chi connectivity index (χ1n) is 5.33. The molecule has 2 aromatic rings. The molecule has 0 aliphatic heterocycles. The van der Waals surface area contributed by atoms with E-state index in [0.29, 0.717) is 37.6 Å². The highest BCUT2D eigenvalue weighted by molar-refractivity contribution is 6.39. The molecule has 0 aromatic heterocycles. The maximum atomic E-state index is 6.42. The van der Waals surface area contributed by atoms with Crippen LogP contribution < -0.4 is 11.5 Å². The molecule has 0 radical (unpaired) electrons. The van der Waals surface area contributed by atoms with E-state index in [9.17, 15) is 0 Å². The van der Waals surface area contributed by atoms with Gasteiger partial charge in [0.15, 0.2) is 0 Å². The second-order valence-electron chi connectivity index (χ2n) is 4.04. The smallest absolute Gasteiger partial charge is 0.0878 e. The highest BCUT2D eigenvalue weighted by Crippen LogP contribution is 2.42. The Labute approximate surface area is 131 Å². The molecule has 0 bridgehead atoms. The largest absolute Gasteiger partial charge is 0.399 e. The van der Waals surface area contributed by atoms with Gasteiger partial charge < -0.3 is 11.5 Å². The van der Waals surface area contributed by atoms with Crippen LogP contribution in [-0.4, -0.2) is 0 Å². The lowest BCUT2D eigenvalue weighted by Gasteiger charge is -2.16. The predicted molar refractivity (Wildman–Crippen MR) is 84.4 cm³/mol. The number of alkyl halides is 1. The molecule has 0 fully saturated rings. The van der Waals surface area contributed by atoms with Crippen molar-refractivity contribution >= 4 is 57.8 Å². The van der Waals surface area contributed by atoms with Crippen LogP contribution >= 0.6 is 46.4 Å². The van der Waals surface area contributed by atoms with E-state index in [4.69, 9.17) is 57.9 Å². The van der Waals surface area contributed by atoms with Gasteiger partial charge in [-0.25, -0.2) is 0 Å². The van der Waals surface area contributed by atoms with Gasteiger partial charge in [-0.05, 0) is 29.8 Å². The third kappa shape index (κ3) is 3.03. The number of halogens is 4. The maximum Gasteiger partial charge on any atom is 0.0878 e. The van der Waals surface area contributed by atoms with Crippen LogP contribution in [0.1, 0.15) is 16.5 Å². The fourth-order valence-electron chi connectivity index (χ4n) is 1.75. The van der Waals surface area contributed by atoms with Crippen LogP contribution in [0, 0.1) is 0 Å². The van der Waals surface area contributed by atoms with Crippen molar-refractivity contribution in [2.24, 2.45) is 0 Å². The zero-order chi connectivity index (χ0) is 14.2. The molecule has 2 rings (SSSR count). The molecular weight excluding hydrogens is 326 g/mol. The molecule has 2 aromatic carbocycles. The molecule has 1 atom stereocenters. The highest BCUT2D eigenvalue weighted by atomic mass is 35.5. The Morgan fingerprint density at radius 2 is 1.32 bits per heavy atom. The fourth-order valence-corrected chi connectivity index (χ4v) is 3.36. The molecule has 0 heterocycles. The minimum atomic E-state index is -0.575. The van der Waals surface area contributed by atoms with E-state index in [2.05, 4.69) is 0 Å². The zero-order valence-electron chi connectivity index (χ0n) is 9.63.